The van der Waals surface area contributed by atoms with Crippen LogP contribution in [0.5, 0.6) is 0 Å². The quantitative estimate of drug-likeness (QED) is 0.541. The maximum atomic E-state index is 6.17. The molecule has 0 aromatic carbocycles. The Morgan fingerprint density at radius 3 is 2.41 bits per heavy atom. The van der Waals surface area contributed by atoms with Gasteiger partial charge in [0.25, 0.3) is 0 Å². The largest absolute Gasteiger partial charge is 0.479 e. The lowest BCUT2D eigenvalue weighted by Crippen LogP contribution is -2.27. The van der Waals surface area contributed by atoms with Crippen molar-refractivity contribution in [3.63, 3.8) is 0 Å². The van der Waals surface area contributed by atoms with Crippen molar-refractivity contribution >= 4 is 5.70 Å². The van der Waals surface area contributed by atoms with Gasteiger partial charge in [-0.15, -0.1) is 0 Å². The van der Waals surface area contributed by atoms with E-state index >= 15 is 0 Å². The molecule has 1 aromatic heterocycles. The summed E-state index contributed by atoms with van der Waals surface area (Å²) in [7, 11) is 1.88. The molecule has 2 aliphatic rings. The minimum atomic E-state index is 0.422. The smallest absolute Gasteiger partial charge is 0.183 e. The lowest BCUT2D eigenvalue weighted by Gasteiger charge is -2.24. The second-order valence-electron chi connectivity index (χ2n) is 10.2. The van der Waals surface area contributed by atoms with E-state index in [2.05, 4.69) is 30.8 Å². The fourth-order valence-corrected chi connectivity index (χ4v) is 4.81. The van der Waals surface area contributed by atoms with Gasteiger partial charge in [0.05, 0.1) is 24.2 Å². The van der Waals surface area contributed by atoms with Crippen molar-refractivity contribution in [3.05, 3.63) is 35.5 Å². The molecule has 3 rings (SSSR count). The lowest BCUT2D eigenvalue weighted by molar-refractivity contribution is 0.155. The van der Waals surface area contributed by atoms with Crippen molar-refractivity contribution in [2.45, 2.75) is 47.0 Å². The maximum Gasteiger partial charge on any atom is 0.183 e. The molecule has 0 bridgehead atoms. The van der Waals surface area contributed by atoms with Crippen molar-refractivity contribution in [2.24, 2.45) is 41.7 Å². The number of likely N-dealkylation sites (tertiary alicyclic amines) is 1. The molecule has 1 aliphatic heterocycles. The molecule has 29 heavy (non-hydrogen) atoms. The molecule has 0 radical (unpaired) electrons. The zero-order chi connectivity index (χ0) is 21.2. The maximum absolute atomic E-state index is 6.17. The van der Waals surface area contributed by atoms with E-state index < -0.39 is 0 Å². The fraction of sp³-hybridized carbons (Fsp3) is 0.696. The molecule has 1 saturated carbocycles. The summed E-state index contributed by atoms with van der Waals surface area (Å²) in [4.78, 5) is 2.67. The minimum absolute atomic E-state index is 0.422. The third-order valence-electron chi connectivity index (χ3n) is 6.41. The first-order valence-corrected chi connectivity index (χ1v) is 10.9. The van der Waals surface area contributed by atoms with Gasteiger partial charge in [0.1, 0.15) is 0 Å². The first kappa shape index (κ1) is 21.8. The number of aryl methyl sites for hydroxylation is 2. The molecule has 1 aromatic rings. The van der Waals surface area contributed by atoms with Crippen LogP contribution in [0, 0.1) is 30.1 Å². The Hall–Kier alpha value is -1.95. The van der Waals surface area contributed by atoms with E-state index in [0.29, 0.717) is 29.5 Å². The number of aromatic nitrogens is 2. The van der Waals surface area contributed by atoms with E-state index in [9.17, 15) is 0 Å². The van der Waals surface area contributed by atoms with Crippen molar-refractivity contribution < 1.29 is 4.74 Å². The van der Waals surface area contributed by atoms with Gasteiger partial charge in [0, 0.05) is 20.1 Å². The molecular formula is C23H39N5O. The normalized spacial score (nSPS) is 26.2. The Balaban J connectivity index is 1.43. The van der Waals surface area contributed by atoms with Crippen LogP contribution in [0.2, 0.25) is 0 Å². The first-order chi connectivity index (χ1) is 13.6. The van der Waals surface area contributed by atoms with Crippen molar-refractivity contribution in [2.75, 3.05) is 26.2 Å². The van der Waals surface area contributed by atoms with Gasteiger partial charge >= 0.3 is 0 Å². The third-order valence-corrected chi connectivity index (χ3v) is 6.41. The molecule has 6 heteroatoms. The summed E-state index contributed by atoms with van der Waals surface area (Å²) >= 11 is 0. The predicted molar refractivity (Wildman–Crippen MR) is 119 cm³/mol. The van der Waals surface area contributed by atoms with Gasteiger partial charge in [-0.25, -0.2) is 0 Å². The molecule has 2 fully saturated rings. The Kier molecular flexibility index (Phi) is 6.62. The van der Waals surface area contributed by atoms with E-state index in [1.54, 1.807) is 23.0 Å². The average molecular weight is 402 g/mol. The van der Waals surface area contributed by atoms with Gasteiger partial charge in [-0.05, 0) is 73.6 Å². The highest BCUT2D eigenvalue weighted by atomic mass is 16.5. The zero-order valence-electron chi connectivity index (χ0n) is 18.8. The van der Waals surface area contributed by atoms with E-state index in [0.717, 1.165) is 23.1 Å². The topological polar surface area (TPSA) is 82.3 Å². The fourth-order valence-electron chi connectivity index (χ4n) is 4.81. The highest BCUT2D eigenvalue weighted by Gasteiger charge is 2.40. The number of rotatable bonds is 7. The second kappa shape index (κ2) is 8.82. The number of nitrogens with two attached hydrogens (primary N) is 2. The Morgan fingerprint density at radius 1 is 1.21 bits per heavy atom. The van der Waals surface area contributed by atoms with Gasteiger partial charge in [0.15, 0.2) is 5.88 Å². The number of allylic oxidation sites excluding steroid dienone is 2. The molecule has 0 spiro atoms. The molecule has 4 N–H and O–H groups in total. The van der Waals surface area contributed by atoms with E-state index in [1.807, 2.05) is 14.0 Å². The number of fused-ring (bicyclic) bond motifs is 1. The van der Waals surface area contributed by atoms with Crippen LogP contribution in [0.1, 0.15) is 51.3 Å². The number of hydrogen-bond donors (Lipinski definition) is 2. The lowest BCUT2D eigenvalue weighted by atomic mass is 9.92. The summed E-state index contributed by atoms with van der Waals surface area (Å²) in [5, 5.41) is 4.22. The van der Waals surface area contributed by atoms with Crippen molar-refractivity contribution in [1.82, 2.24) is 14.7 Å². The SMILES string of the molecule is Cc1cnn(C)c1/C(N)=C/C=C(\N)OCC1CC2CN(CCC(C)(C)C)CC2C1. The summed E-state index contributed by atoms with van der Waals surface area (Å²) in [5.41, 5.74) is 15.2. The number of ether oxygens (including phenoxy) is 1. The minimum Gasteiger partial charge on any atom is -0.479 e. The van der Waals surface area contributed by atoms with Crippen LogP contribution in [0.3, 0.4) is 0 Å². The van der Waals surface area contributed by atoms with E-state index in [1.165, 1.54) is 38.9 Å². The zero-order valence-corrected chi connectivity index (χ0v) is 18.8. The van der Waals surface area contributed by atoms with Crippen LogP contribution in [-0.4, -0.2) is 40.9 Å². The molecule has 162 valence electrons. The Labute approximate surface area is 175 Å². The van der Waals surface area contributed by atoms with E-state index in [-0.39, 0.29) is 0 Å². The standard InChI is InChI=1S/C23H39N5O/c1-16-12-26-27(5)22(16)20(24)6-7-21(25)29-15-17-10-18-13-28(14-19(18)11-17)9-8-23(2,3)4/h6-7,12,17-19H,8-11,13-15,24-25H2,1-5H3/b20-6-,21-7+. The van der Waals surface area contributed by atoms with Gasteiger partial charge in [-0.2, -0.15) is 5.10 Å². The highest BCUT2D eigenvalue weighted by molar-refractivity contribution is 5.63. The van der Waals surface area contributed by atoms with Crippen LogP contribution in [0.25, 0.3) is 5.70 Å². The second-order valence-corrected chi connectivity index (χ2v) is 10.2. The summed E-state index contributed by atoms with van der Waals surface area (Å²) in [6.45, 7) is 13.4. The molecule has 1 saturated heterocycles. The van der Waals surface area contributed by atoms with Crippen LogP contribution in [-0.2, 0) is 11.8 Å². The van der Waals surface area contributed by atoms with Gasteiger partial charge in [-0.1, -0.05) is 20.8 Å². The van der Waals surface area contributed by atoms with Crippen LogP contribution in [0.15, 0.2) is 24.2 Å². The summed E-state index contributed by atoms with van der Waals surface area (Å²) in [5.74, 6) is 2.70. The predicted octanol–water partition coefficient (Wildman–Crippen LogP) is 3.24. The molecule has 6 nitrogen and oxygen atoms in total. The van der Waals surface area contributed by atoms with Crippen molar-refractivity contribution in [3.8, 4) is 0 Å². The number of hydrogen-bond acceptors (Lipinski definition) is 5. The average Bonchev–Trinajstić information content (AvgIpc) is 3.28. The van der Waals surface area contributed by atoms with Gasteiger partial charge < -0.3 is 21.1 Å². The van der Waals surface area contributed by atoms with Crippen LogP contribution in [0.4, 0.5) is 0 Å². The summed E-state index contributed by atoms with van der Waals surface area (Å²) in [6.07, 6.45) is 9.16. The highest BCUT2D eigenvalue weighted by Crippen LogP contribution is 2.42. The van der Waals surface area contributed by atoms with Crippen LogP contribution >= 0.6 is 0 Å². The number of nitrogens with zero attached hydrogens (tertiary/aromatic N) is 3. The molecule has 1 aliphatic carbocycles. The summed E-state index contributed by atoms with van der Waals surface area (Å²) < 4.78 is 7.61. The van der Waals surface area contributed by atoms with Gasteiger partial charge in [0.2, 0.25) is 0 Å². The van der Waals surface area contributed by atoms with Gasteiger partial charge in [-0.3, -0.25) is 4.68 Å². The third kappa shape index (κ3) is 5.78. The molecule has 2 atom stereocenters. The van der Waals surface area contributed by atoms with E-state index in [4.69, 9.17) is 16.2 Å². The first-order valence-electron chi connectivity index (χ1n) is 10.9. The Morgan fingerprint density at radius 2 is 1.86 bits per heavy atom. The molecule has 0 amide bonds. The molecular weight excluding hydrogens is 362 g/mol. The van der Waals surface area contributed by atoms with Crippen molar-refractivity contribution in [1.29, 1.82) is 0 Å². The van der Waals surface area contributed by atoms with Crippen LogP contribution < -0.4 is 11.5 Å². The summed E-state index contributed by atoms with van der Waals surface area (Å²) in [6, 6.07) is 0. The Bertz CT molecular complexity index is 724. The molecule has 2 heterocycles. The molecule has 2 unspecified atom stereocenters. The monoisotopic (exact) mass is 401 g/mol.